The highest BCUT2D eigenvalue weighted by Crippen LogP contribution is 2.09. The number of nitrogens with two attached hydrogens (primary N) is 3. The number of hydrogen-bond acceptors (Lipinski definition) is 12. The summed E-state index contributed by atoms with van der Waals surface area (Å²) in [5.41, 5.74) is 19.0. The summed E-state index contributed by atoms with van der Waals surface area (Å²) < 4.78 is 0. The summed E-state index contributed by atoms with van der Waals surface area (Å²) >= 11 is 1.41. The van der Waals surface area contributed by atoms with Gasteiger partial charge in [-0.1, -0.05) is 60.7 Å². The van der Waals surface area contributed by atoms with Crippen LogP contribution in [0.2, 0.25) is 0 Å². The Kier molecular flexibility index (Phi) is 21.6. The molecular formula is C41H58N12O9S. The number of aliphatic hydroxyl groups is 1. The third kappa shape index (κ3) is 18.6. The van der Waals surface area contributed by atoms with Crippen molar-refractivity contribution in [3.63, 3.8) is 0 Å². The third-order valence-corrected chi connectivity index (χ3v) is 10.1. The number of aliphatic imine (C=N–C) groups is 1. The number of nitrogens with zero attached hydrogens (tertiary/aromatic N) is 2. The topological polar surface area (TPSA) is 351 Å². The Hall–Kier alpha value is -6.52. The first-order chi connectivity index (χ1) is 30.1. The first-order valence-electron chi connectivity index (χ1n) is 20.1. The number of imidazole rings is 1. The molecule has 0 aliphatic heterocycles. The summed E-state index contributed by atoms with van der Waals surface area (Å²) in [6.45, 7) is 0.639. The first kappa shape index (κ1) is 50.8. The molecule has 0 spiro atoms. The van der Waals surface area contributed by atoms with E-state index < -0.39 is 90.3 Å². The standard InChI is InChI=1S/C41H58N12O9S/c1-24(54)34(53-38(59)32(20-27-21-45-23-48-27)52-35(56)28(42)18-25-10-5-3-6-11-25)39(60)50-29(14-9-16-46-41(43)44)36(57)47-22-33(55)49-31(19-26-12-7-4-8-13-26)37(58)51-30(40(61)62)15-17-63-2/h3-8,10-13,21,23-24,28-32,34,54H,9,14-20,22,42H2,1-2H3,(H,45,48)(H,47,57)(H,49,55)(H,50,60)(H,51,58)(H,52,56)(H,53,59)(H,61,62)(H4,43,44,46)/t24-,28+,29+,30+,31+,32+,34+/m1/s1. The summed E-state index contributed by atoms with van der Waals surface area (Å²) in [6.07, 6.45) is 3.44. The molecule has 1 heterocycles. The Bertz CT molecular complexity index is 1970. The third-order valence-electron chi connectivity index (χ3n) is 9.47. The maximum absolute atomic E-state index is 13.8. The van der Waals surface area contributed by atoms with Crippen LogP contribution in [0, 0.1) is 0 Å². The van der Waals surface area contributed by atoms with Gasteiger partial charge in [-0.3, -0.25) is 33.8 Å². The van der Waals surface area contributed by atoms with Crippen LogP contribution in [0.5, 0.6) is 0 Å². The molecule has 0 radical (unpaired) electrons. The second-order valence-corrected chi connectivity index (χ2v) is 15.6. The zero-order valence-corrected chi connectivity index (χ0v) is 35.9. The molecule has 0 aliphatic carbocycles. The van der Waals surface area contributed by atoms with E-state index in [0.717, 1.165) is 5.56 Å². The highest BCUT2D eigenvalue weighted by molar-refractivity contribution is 7.98. The van der Waals surface area contributed by atoms with Crippen molar-refractivity contribution in [2.24, 2.45) is 22.2 Å². The molecule has 3 rings (SSSR count). The molecule has 6 amide bonds. The summed E-state index contributed by atoms with van der Waals surface area (Å²) in [5, 5.41) is 35.4. The quantitative estimate of drug-likeness (QED) is 0.0215. The lowest BCUT2D eigenvalue weighted by atomic mass is 10.0. The number of carbonyl (C=O) groups is 7. The van der Waals surface area contributed by atoms with Gasteiger partial charge in [0.25, 0.3) is 0 Å². The highest BCUT2D eigenvalue weighted by Gasteiger charge is 2.34. The largest absolute Gasteiger partial charge is 0.480 e. The zero-order chi connectivity index (χ0) is 46.3. The summed E-state index contributed by atoms with van der Waals surface area (Å²) in [5.74, 6) is -5.87. The molecule has 0 saturated carbocycles. The Morgan fingerprint density at radius 3 is 1.90 bits per heavy atom. The van der Waals surface area contributed by atoms with Gasteiger partial charge in [0.15, 0.2) is 5.96 Å². The number of carboxylic acids is 1. The van der Waals surface area contributed by atoms with Crippen molar-refractivity contribution in [1.82, 2.24) is 41.9 Å². The molecule has 21 nitrogen and oxygen atoms in total. The minimum absolute atomic E-state index is 0.00404. The molecule has 22 heteroatoms. The molecule has 342 valence electrons. The molecule has 0 fully saturated rings. The summed E-state index contributed by atoms with van der Waals surface area (Å²) in [7, 11) is 0. The van der Waals surface area contributed by atoms with E-state index in [1.807, 2.05) is 6.07 Å². The number of hydrogen-bond donors (Lipinski definition) is 12. The van der Waals surface area contributed by atoms with Gasteiger partial charge in [0.1, 0.15) is 30.2 Å². The molecule has 2 aromatic carbocycles. The number of amides is 6. The number of aliphatic hydroxyl groups excluding tert-OH is 1. The normalized spacial score (nSPS) is 14.2. The number of thioether (sulfide) groups is 1. The van der Waals surface area contributed by atoms with Crippen LogP contribution in [-0.2, 0) is 52.8 Å². The van der Waals surface area contributed by atoms with Gasteiger partial charge in [-0.2, -0.15) is 11.8 Å². The average Bonchev–Trinajstić information content (AvgIpc) is 3.77. The SMILES string of the molecule is CSCC[C@H](NC(=O)[C@H](Cc1ccccc1)NC(=O)CNC(=O)[C@H](CCCN=C(N)N)NC(=O)[C@@H](NC(=O)[C@H](Cc1cnc[nH]1)NC(=O)[C@@H](N)Cc1ccccc1)[C@@H](C)O)C(=O)O. The van der Waals surface area contributed by atoms with Crippen LogP contribution in [0.4, 0.5) is 0 Å². The second-order valence-electron chi connectivity index (χ2n) is 14.6. The van der Waals surface area contributed by atoms with E-state index in [-0.39, 0.29) is 51.0 Å². The predicted molar refractivity (Wildman–Crippen MR) is 235 cm³/mol. The van der Waals surface area contributed by atoms with Crippen LogP contribution in [0.15, 0.2) is 78.2 Å². The van der Waals surface area contributed by atoms with Gasteiger partial charge < -0.3 is 64.3 Å². The number of aliphatic carboxylic acids is 1. The van der Waals surface area contributed by atoms with E-state index in [2.05, 4.69) is 46.9 Å². The van der Waals surface area contributed by atoms with E-state index in [4.69, 9.17) is 17.2 Å². The zero-order valence-electron chi connectivity index (χ0n) is 35.1. The maximum atomic E-state index is 13.8. The first-order valence-corrected chi connectivity index (χ1v) is 21.5. The number of rotatable bonds is 27. The van der Waals surface area contributed by atoms with Crippen LogP contribution in [-0.4, -0.2) is 135 Å². The number of carboxylic acid groups (broad SMARTS) is 1. The van der Waals surface area contributed by atoms with Crippen molar-refractivity contribution in [1.29, 1.82) is 0 Å². The Labute approximate surface area is 369 Å². The Morgan fingerprint density at radius 2 is 1.33 bits per heavy atom. The Morgan fingerprint density at radius 1 is 0.746 bits per heavy atom. The maximum Gasteiger partial charge on any atom is 0.326 e. The molecule has 0 aliphatic rings. The molecule has 63 heavy (non-hydrogen) atoms. The lowest BCUT2D eigenvalue weighted by molar-refractivity contribution is -0.142. The average molecular weight is 895 g/mol. The van der Waals surface area contributed by atoms with E-state index in [1.54, 1.807) is 60.9 Å². The van der Waals surface area contributed by atoms with Gasteiger partial charge in [0.2, 0.25) is 35.4 Å². The van der Waals surface area contributed by atoms with Crippen LogP contribution in [0.3, 0.4) is 0 Å². The molecule has 0 unspecified atom stereocenters. The molecule has 3 aromatic rings. The van der Waals surface area contributed by atoms with Crippen molar-refractivity contribution in [3.8, 4) is 0 Å². The van der Waals surface area contributed by atoms with Gasteiger partial charge in [0.05, 0.1) is 25.0 Å². The van der Waals surface area contributed by atoms with Gasteiger partial charge >= 0.3 is 5.97 Å². The highest BCUT2D eigenvalue weighted by atomic mass is 32.2. The van der Waals surface area contributed by atoms with Crippen molar-refractivity contribution in [2.75, 3.05) is 25.1 Å². The lowest BCUT2D eigenvalue weighted by Crippen LogP contribution is -2.61. The molecule has 0 saturated heterocycles. The minimum Gasteiger partial charge on any atom is -0.480 e. The molecule has 15 N–H and O–H groups in total. The number of aromatic nitrogens is 2. The number of carbonyl (C=O) groups excluding carboxylic acids is 6. The van der Waals surface area contributed by atoms with E-state index >= 15 is 0 Å². The minimum atomic E-state index is -1.64. The fourth-order valence-corrected chi connectivity index (χ4v) is 6.59. The smallest absolute Gasteiger partial charge is 0.326 e. The van der Waals surface area contributed by atoms with E-state index in [0.29, 0.717) is 17.0 Å². The lowest BCUT2D eigenvalue weighted by Gasteiger charge is -2.27. The second kappa shape index (κ2) is 26.7. The summed E-state index contributed by atoms with van der Waals surface area (Å²) in [6, 6.07) is 9.97. The van der Waals surface area contributed by atoms with Gasteiger partial charge in [-0.05, 0) is 55.7 Å². The van der Waals surface area contributed by atoms with Gasteiger partial charge in [-0.15, -0.1) is 0 Å². The van der Waals surface area contributed by atoms with E-state index in [9.17, 15) is 43.8 Å². The van der Waals surface area contributed by atoms with Crippen molar-refractivity contribution in [3.05, 3.63) is 90.0 Å². The monoisotopic (exact) mass is 894 g/mol. The van der Waals surface area contributed by atoms with Crippen LogP contribution in [0.1, 0.15) is 43.0 Å². The van der Waals surface area contributed by atoms with Crippen LogP contribution in [0.25, 0.3) is 0 Å². The molecule has 7 atom stereocenters. The van der Waals surface area contributed by atoms with E-state index in [1.165, 1.54) is 31.2 Å². The van der Waals surface area contributed by atoms with Crippen molar-refractivity contribution < 1.29 is 43.8 Å². The Balaban J connectivity index is 1.75. The van der Waals surface area contributed by atoms with Gasteiger partial charge in [-0.25, -0.2) is 9.78 Å². The fourth-order valence-electron chi connectivity index (χ4n) is 6.12. The molecule has 1 aromatic heterocycles. The van der Waals surface area contributed by atoms with Crippen LogP contribution >= 0.6 is 11.8 Å². The number of aromatic amines is 1. The van der Waals surface area contributed by atoms with Crippen LogP contribution < -0.4 is 49.1 Å². The predicted octanol–water partition coefficient (Wildman–Crippen LogP) is -2.42. The number of guanidine groups is 1. The van der Waals surface area contributed by atoms with Crippen molar-refractivity contribution >= 4 is 59.1 Å². The number of benzene rings is 2. The fraction of sp³-hybridized carbons (Fsp3) is 0.439. The number of H-pyrrole nitrogens is 1. The van der Waals surface area contributed by atoms with Crippen molar-refractivity contribution in [2.45, 2.75) is 87.8 Å². The summed E-state index contributed by atoms with van der Waals surface area (Å²) in [4.78, 5) is 103. The number of nitrogens with one attached hydrogen (secondary N) is 7. The molecule has 0 bridgehead atoms. The van der Waals surface area contributed by atoms with Gasteiger partial charge in [0, 0.05) is 31.3 Å². The molecular weight excluding hydrogens is 837 g/mol.